The van der Waals surface area contributed by atoms with Crippen LogP contribution in [0.5, 0.6) is 5.75 Å². The quantitative estimate of drug-likeness (QED) is 0.770. The molecule has 0 spiro atoms. The smallest absolute Gasteiger partial charge is 0.234 e. The molecule has 6 heteroatoms. The van der Waals surface area contributed by atoms with E-state index in [4.69, 9.17) is 10.5 Å². The van der Waals surface area contributed by atoms with Crippen molar-refractivity contribution in [2.75, 3.05) is 33.3 Å². The standard InChI is InChI=1S/C19H27N3O3/c1-25-16-7-3-2-5-14(16)8-10-21-17(23)12-22-11-15-6-4-9-19(15,13-22)18(20)24/h2-3,5,7,15H,4,6,8-13H2,1H3,(H2,20,24)(H,21,23)/t15-,19-/m0/s1. The number of rotatable bonds is 7. The zero-order valence-corrected chi connectivity index (χ0v) is 14.8. The van der Waals surface area contributed by atoms with Gasteiger partial charge in [-0.05, 0) is 36.8 Å². The molecule has 2 amide bonds. The Bertz CT molecular complexity index is 649. The number of carbonyl (C=O) groups excluding carboxylic acids is 2. The van der Waals surface area contributed by atoms with Gasteiger partial charge in [-0.15, -0.1) is 0 Å². The Kier molecular flexibility index (Phi) is 5.27. The number of likely N-dealkylation sites (tertiary alicyclic amines) is 1. The number of nitrogens with one attached hydrogen (secondary N) is 1. The number of fused-ring (bicyclic) bond motifs is 1. The molecule has 1 aromatic carbocycles. The molecule has 0 aromatic heterocycles. The molecule has 1 saturated heterocycles. The molecule has 0 bridgehead atoms. The van der Waals surface area contributed by atoms with E-state index in [1.807, 2.05) is 24.3 Å². The van der Waals surface area contributed by atoms with Gasteiger partial charge in [0.15, 0.2) is 0 Å². The first-order valence-corrected chi connectivity index (χ1v) is 8.96. The molecule has 25 heavy (non-hydrogen) atoms. The number of para-hydroxylation sites is 1. The predicted octanol–water partition coefficient (Wildman–Crippen LogP) is 0.941. The summed E-state index contributed by atoms with van der Waals surface area (Å²) in [5, 5.41) is 2.96. The molecule has 2 fully saturated rings. The second-order valence-corrected chi connectivity index (χ2v) is 7.19. The van der Waals surface area contributed by atoms with Gasteiger partial charge in [-0.2, -0.15) is 0 Å². The van der Waals surface area contributed by atoms with Gasteiger partial charge in [0.05, 0.1) is 19.1 Å². The molecule has 3 rings (SSSR count). The van der Waals surface area contributed by atoms with Crippen LogP contribution in [0.1, 0.15) is 24.8 Å². The van der Waals surface area contributed by atoms with Gasteiger partial charge in [-0.1, -0.05) is 24.6 Å². The van der Waals surface area contributed by atoms with E-state index in [1.54, 1.807) is 7.11 Å². The highest BCUT2D eigenvalue weighted by Crippen LogP contribution is 2.48. The number of hydrogen-bond acceptors (Lipinski definition) is 4. The molecule has 6 nitrogen and oxygen atoms in total. The Hall–Kier alpha value is -2.08. The normalized spacial score (nSPS) is 25.6. The largest absolute Gasteiger partial charge is 0.496 e. The number of nitrogens with zero attached hydrogens (tertiary/aromatic N) is 1. The molecule has 1 aromatic rings. The lowest BCUT2D eigenvalue weighted by Crippen LogP contribution is -2.42. The van der Waals surface area contributed by atoms with Crippen LogP contribution >= 0.6 is 0 Å². The van der Waals surface area contributed by atoms with Crippen LogP contribution in [0.4, 0.5) is 0 Å². The lowest BCUT2D eigenvalue weighted by atomic mass is 9.80. The van der Waals surface area contributed by atoms with Crippen molar-refractivity contribution in [3.63, 3.8) is 0 Å². The van der Waals surface area contributed by atoms with Crippen molar-refractivity contribution < 1.29 is 14.3 Å². The van der Waals surface area contributed by atoms with Crippen LogP contribution in [0, 0.1) is 11.3 Å². The fraction of sp³-hybridized carbons (Fsp3) is 0.579. The summed E-state index contributed by atoms with van der Waals surface area (Å²) in [5.74, 6) is 0.947. The van der Waals surface area contributed by atoms with Gasteiger partial charge in [0.25, 0.3) is 0 Å². The Labute approximate surface area is 148 Å². The van der Waals surface area contributed by atoms with Gasteiger partial charge in [0.2, 0.25) is 11.8 Å². The maximum Gasteiger partial charge on any atom is 0.234 e. The predicted molar refractivity (Wildman–Crippen MR) is 95.1 cm³/mol. The zero-order valence-electron chi connectivity index (χ0n) is 14.8. The van der Waals surface area contributed by atoms with E-state index in [-0.39, 0.29) is 11.8 Å². The molecular formula is C19H27N3O3. The Morgan fingerprint density at radius 3 is 2.92 bits per heavy atom. The average Bonchev–Trinajstić information content (AvgIpc) is 3.13. The fourth-order valence-corrected chi connectivity index (χ4v) is 4.42. The summed E-state index contributed by atoms with van der Waals surface area (Å²) in [6.45, 7) is 2.31. The number of primary amides is 1. The number of hydrogen-bond donors (Lipinski definition) is 2. The minimum absolute atomic E-state index is 0.00510. The second-order valence-electron chi connectivity index (χ2n) is 7.19. The molecular weight excluding hydrogens is 318 g/mol. The highest BCUT2D eigenvalue weighted by atomic mass is 16.5. The lowest BCUT2D eigenvalue weighted by Gasteiger charge is -2.24. The van der Waals surface area contributed by atoms with Gasteiger partial charge in [-0.25, -0.2) is 0 Å². The Balaban J connectivity index is 1.47. The SMILES string of the molecule is COc1ccccc1CCNC(=O)CN1C[C@@H]2CCC[C@]2(C(N)=O)C1. The van der Waals surface area contributed by atoms with E-state index in [1.165, 1.54) is 0 Å². The average molecular weight is 345 g/mol. The first kappa shape index (κ1) is 17.7. The summed E-state index contributed by atoms with van der Waals surface area (Å²) >= 11 is 0. The van der Waals surface area contributed by atoms with Crippen molar-refractivity contribution in [1.29, 1.82) is 0 Å². The van der Waals surface area contributed by atoms with Crippen LogP contribution in [-0.2, 0) is 16.0 Å². The van der Waals surface area contributed by atoms with Gasteiger partial charge in [0.1, 0.15) is 5.75 Å². The van der Waals surface area contributed by atoms with Crippen molar-refractivity contribution in [3.05, 3.63) is 29.8 Å². The minimum atomic E-state index is -0.405. The highest BCUT2D eigenvalue weighted by Gasteiger charge is 2.53. The van der Waals surface area contributed by atoms with E-state index in [0.29, 0.717) is 25.6 Å². The van der Waals surface area contributed by atoms with Crippen molar-refractivity contribution in [1.82, 2.24) is 10.2 Å². The maximum atomic E-state index is 12.2. The van der Waals surface area contributed by atoms with Crippen molar-refractivity contribution in [2.24, 2.45) is 17.1 Å². The topological polar surface area (TPSA) is 84.7 Å². The molecule has 2 aliphatic rings. The van der Waals surface area contributed by atoms with E-state index in [0.717, 1.165) is 43.5 Å². The Morgan fingerprint density at radius 2 is 2.20 bits per heavy atom. The lowest BCUT2D eigenvalue weighted by molar-refractivity contribution is -0.128. The maximum absolute atomic E-state index is 12.2. The molecule has 1 heterocycles. The van der Waals surface area contributed by atoms with E-state index < -0.39 is 5.41 Å². The number of benzene rings is 1. The van der Waals surface area contributed by atoms with Gasteiger partial charge >= 0.3 is 0 Å². The first-order chi connectivity index (χ1) is 12.0. The molecule has 1 saturated carbocycles. The summed E-state index contributed by atoms with van der Waals surface area (Å²) in [6, 6.07) is 7.82. The molecule has 1 aliphatic carbocycles. The first-order valence-electron chi connectivity index (χ1n) is 8.96. The van der Waals surface area contributed by atoms with Crippen LogP contribution < -0.4 is 15.8 Å². The number of carbonyl (C=O) groups is 2. The summed E-state index contributed by atoms with van der Waals surface area (Å²) in [5.41, 5.74) is 6.33. The molecule has 3 N–H and O–H groups in total. The van der Waals surface area contributed by atoms with E-state index >= 15 is 0 Å². The number of nitrogens with two attached hydrogens (primary N) is 1. The van der Waals surface area contributed by atoms with Gasteiger partial charge in [-0.3, -0.25) is 14.5 Å². The summed E-state index contributed by atoms with van der Waals surface area (Å²) in [6.07, 6.45) is 3.68. The van der Waals surface area contributed by atoms with E-state index in [2.05, 4.69) is 10.2 Å². The third kappa shape index (κ3) is 3.63. The zero-order chi connectivity index (χ0) is 17.9. The third-order valence-corrected chi connectivity index (χ3v) is 5.71. The number of amides is 2. The van der Waals surface area contributed by atoms with Crippen LogP contribution in [-0.4, -0.2) is 50.0 Å². The summed E-state index contributed by atoms with van der Waals surface area (Å²) in [4.78, 5) is 26.2. The summed E-state index contributed by atoms with van der Waals surface area (Å²) in [7, 11) is 1.65. The van der Waals surface area contributed by atoms with Crippen molar-refractivity contribution in [3.8, 4) is 5.75 Å². The number of methoxy groups -OCH3 is 1. The second kappa shape index (κ2) is 7.44. The number of ether oxygens (including phenoxy) is 1. The van der Waals surface area contributed by atoms with Gasteiger partial charge in [0, 0.05) is 19.6 Å². The Morgan fingerprint density at radius 1 is 1.40 bits per heavy atom. The van der Waals surface area contributed by atoms with Crippen LogP contribution in [0.3, 0.4) is 0 Å². The van der Waals surface area contributed by atoms with E-state index in [9.17, 15) is 9.59 Å². The molecule has 0 radical (unpaired) electrons. The van der Waals surface area contributed by atoms with Crippen LogP contribution in [0.2, 0.25) is 0 Å². The monoisotopic (exact) mass is 345 g/mol. The minimum Gasteiger partial charge on any atom is -0.496 e. The van der Waals surface area contributed by atoms with Gasteiger partial charge < -0.3 is 15.8 Å². The fourth-order valence-electron chi connectivity index (χ4n) is 4.42. The van der Waals surface area contributed by atoms with Crippen LogP contribution in [0.15, 0.2) is 24.3 Å². The molecule has 1 aliphatic heterocycles. The van der Waals surface area contributed by atoms with Crippen molar-refractivity contribution in [2.45, 2.75) is 25.7 Å². The summed E-state index contributed by atoms with van der Waals surface area (Å²) < 4.78 is 5.32. The van der Waals surface area contributed by atoms with Crippen LogP contribution in [0.25, 0.3) is 0 Å². The molecule has 136 valence electrons. The van der Waals surface area contributed by atoms with Crippen molar-refractivity contribution >= 4 is 11.8 Å². The highest BCUT2D eigenvalue weighted by molar-refractivity contribution is 5.83. The molecule has 0 unspecified atom stereocenters. The third-order valence-electron chi connectivity index (χ3n) is 5.71. The molecule has 2 atom stereocenters.